The molecule has 3 nitrogen and oxygen atoms in total. The molecule has 4 heteroatoms. The molecule has 0 atom stereocenters. The third-order valence-corrected chi connectivity index (χ3v) is 4.51. The van der Waals surface area contributed by atoms with E-state index in [0.29, 0.717) is 12.6 Å². The predicted octanol–water partition coefficient (Wildman–Crippen LogP) is 1.80. The minimum atomic E-state index is 0.279. The average molecular weight is 278 g/mol. The van der Waals surface area contributed by atoms with Gasteiger partial charge < -0.3 is 10.8 Å². The molecule has 0 amide bonds. The fourth-order valence-electron chi connectivity index (χ4n) is 2.28. The van der Waals surface area contributed by atoms with Crippen LogP contribution in [-0.4, -0.2) is 35.7 Å². The molecule has 1 aromatic heterocycles. The Balaban J connectivity index is 1.93. The van der Waals surface area contributed by atoms with E-state index in [2.05, 4.69) is 28.9 Å². The molecule has 3 N–H and O–H groups in total. The first-order valence-electron chi connectivity index (χ1n) is 6.96. The van der Waals surface area contributed by atoms with Gasteiger partial charge in [0.05, 0.1) is 11.4 Å². The number of rotatable bonds is 6. The first-order valence-corrected chi connectivity index (χ1v) is 7.77. The lowest BCUT2D eigenvalue weighted by atomic mass is 9.91. The Morgan fingerprint density at radius 2 is 2.26 bits per heavy atom. The van der Waals surface area contributed by atoms with Crippen molar-refractivity contribution in [2.75, 3.05) is 19.7 Å². The SMILES string of the molecule is NCC#Cc1ccc(CN(CCCO)C2CCC2)s1. The van der Waals surface area contributed by atoms with E-state index in [1.807, 2.05) is 0 Å². The van der Waals surface area contributed by atoms with Crippen LogP contribution in [0.25, 0.3) is 0 Å². The maximum atomic E-state index is 9.00. The van der Waals surface area contributed by atoms with Crippen LogP contribution in [0.15, 0.2) is 12.1 Å². The summed E-state index contributed by atoms with van der Waals surface area (Å²) in [5.41, 5.74) is 5.38. The van der Waals surface area contributed by atoms with Crippen molar-refractivity contribution in [1.29, 1.82) is 0 Å². The summed E-state index contributed by atoms with van der Waals surface area (Å²) in [5, 5.41) is 9.00. The van der Waals surface area contributed by atoms with Gasteiger partial charge in [-0.1, -0.05) is 18.3 Å². The van der Waals surface area contributed by atoms with Gasteiger partial charge in [-0.2, -0.15) is 0 Å². The molecule has 19 heavy (non-hydrogen) atoms. The number of thiophene rings is 1. The molecule has 1 aliphatic carbocycles. The first-order chi connectivity index (χ1) is 9.33. The third kappa shape index (κ3) is 4.32. The smallest absolute Gasteiger partial charge is 0.0772 e. The Kier molecular flexibility index (Phi) is 5.87. The van der Waals surface area contributed by atoms with Crippen molar-refractivity contribution in [3.8, 4) is 11.8 Å². The minimum Gasteiger partial charge on any atom is -0.396 e. The molecule has 1 heterocycles. The van der Waals surface area contributed by atoms with Gasteiger partial charge in [0.15, 0.2) is 0 Å². The van der Waals surface area contributed by atoms with Crippen LogP contribution in [0.5, 0.6) is 0 Å². The fraction of sp³-hybridized carbons (Fsp3) is 0.600. The zero-order valence-corrected chi connectivity index (χ0v) is 12.1. The predicted molar refractivity (Wildman–Crippen MR) is 80.0 cm³/mol. The van der Waals surface area contributed by atoms with Crippen molar-refractivity contribution in [2.45, 2.75) is 38.3 Å². The topological polar surface area (TPSA) is 49.5 Å². The summed E-state index contributed by atoms with van der Waals surface area (Å²) in [7, 11) is 0. The van der Waals surface area contributed by atoms with E-state index < -0.39 is 0 Å². The molecule has 0 radical (unpaired) electrons. The molecule has 1 aromatic rings. The second-order valence-electron chi connectivity index (χ2n) is 4.90. The number of nitrogens with two attached hydrogens (primary N) is 1. The molecule has 1 aliphatic rings. The second-order valence-corrected chi connectivity index (χ2v) is 6.07. The van der Waals surface area contributed by atoms with Gasteiger partial charge >= 0.3 is 0 Å². The van der Waals surface area contributed by atoms with Gasteiger partial charge in [-0.15, -0.1) is 11.3 Å². The average Bonchev–Trinajstić information content (AvgIpc) is 2.79. The Morgan fingerprint density at radius 1 is 1.42 bits per heavy atom. The van der Waals surface area contributed by atoms with E-state index in [1.165, 1.54) is 24.1 Å². The van der Waals surface area contributed by atoms with Crippen molar-refractivity contribution in [1.82, 2.24) is 4.90 Å². The van der Waals surface area contributed by atoms with Crippen LogP contribution in [0.2, 0.25) is 0 Å². The molecule has 0 spiro atoms. The summed E-state index contributed by atoms with van der Waals surface area (Å²) in [6.07, 6.45) is 4.81. The number of nitrogens with zero attached hydrogens (tertiary/aromatic N) is 1. The molecular weight excluding hydrogens is 256 g/mol. The van der Waals surface area contributed by atoms with E-state index in [1.54, 1.807) is 11.3 Å². The van der Waals surface area contributed by atoms with Crippen LogP contribution >= 0.6 is 11.3 Å². The number of hydrogen-bond donors (Lipinski definition) is 2. The van der Waals surface area contributed by atoms with Crippen LogP contribution in [0.4, 0.5) is 0 Å². The Bertz CT molecular complexity index is 442. The molecule has 1 fully saturated rings. The van der Waals surface area contributed by atoms with Crippen LogP contribution < -0.4 is 5.73 Å². The van der Waals surface area contributed by atoms with Crippen LogP contribution in [0, 0.1) is 11.8 Å². The van der Waals surface area contributed by atoms with E-state index in [0.717, 1.165) is 24.4 Å². The molecule has 104 valence electrons. The van der Waals surface area contributed by atoms with Crippen LogP contribution in [0.3, 0.4) is 0 Å². The van der Waals surface area contributed by atoms with Gasteiger partial charge in [-0.05, 0) is 31.4 Å². The molecule has 0 unspecified atom stereocenters. The molecule has 0 bridgehead atoms. The van der Waals surface area contributed by atoms with Crippen molar-refractivity contribution in [2.24, 2.45) is 5.73 Å². The molecule has 0 aromatic carbocycles. The highest BCUT2D eigenvalue weighted by Crippen LogP contribution is 2.28. The second kappa shape index (κ2) is 7.66. The molecule has 2 rings (SSSR count). The molecule has 0 aliphatic heterocycles. The van der Waals surface area contributed by atoms with Gasteiger partial charge in [-0.25, -0.2) is 0 Å². The lowest BCUT2D eigenvalue weighted by molar-refractivity contribution is 0.110. The minimum absolute atomic E-state index is 0.279. The summed E-state index contributed by atoms with van der Waals surface area (Å²) in [5.74, 6) is 5.98. The van der Waals surface area contributed by atoms with Gasteiger partial charge in [0.2, 0.25) is 0 Å². The lowest BCUT2D eigenvalue weighted by Crippen LogP contribution is -2.40. The molecular formula is C15H22N2OS. The Labute approximate surface area is 119 Å². The van der Waals surface area contributed by atoms with Crippen LogP contribution in [-0.2, 0) is 6.54 Å². The highest BCUT2D eigenvalue weighted by Gasteiger charge is 2.24. The summed E-state index contributed by atoms with van der Waals surface area (Å²) < 4.78 is 0. The maximum Gasteiger partial charge on any atom is 0.0772 e. The monoisotopic (exact) mass is 278 g/mol. The normalized spacial score (nSPS) is 15.1. The van der Waals surface area contributed by atoms with E-state index >= 15 is 0 Å². The summed E-state index contributed by atoms with van der Waals surface area (Å²) in [4.78, 5) is 4.95. The van der Waals surface area contributed by atoms with Gasteiger partial charge in [-0.3, -0.25) is 4.90 Å². The highest BCUT2D eigenvalue weighted by molar-refractivity contribution is 7.12. The van der Waals surface area contributed by atoms with Crippen molar-refractivity contribution in [3.05, 3.63) is 21.9 Å². The highest BCUT2D eigenvalue weighted by atomic mass is 32.1. The molecule has 1 saturated carbocycles. The maximum absolute atomic E-state index is 9.00. The van der Waals surface area contributed by atoms with Crippen molar-refractivity contribution < 1.29 is 5.11 Å². The number of aliphatic hydroxyl groups excluding tert-OH is 1. The molecule has 0 saturated heterocycles. The number of aliphatic hydroxyl groups is 1. The van der Waals surface area contributed by atoms with Gasteiger partial charge in [0.25, 0.3) is 0 Å². The first kappa shape index (κ1) is 14.5. The van der Waals surface area contributed by atoms with E-state index in [4.69, 9.17) is 10.8 Å². The summed E-state index contributed by atoms with van der Waals surface area (Å²) in [6.45, 7) is 2.67. The fourth-order valence-corrected chi connectivity index (χ4v) is 3.19. The quantitative estimate of drug-likeness (QED) is 0.780. The van der Waals surface area contributed by atoms with E-state index in [9.17, 15) is 0 Å². The van der Waals surface area contributed by atoms with E-state index in [-0.39, 0.29) is 6.61 Å². The Morgan fingerprint density at radius 3 is 2.89 bits per heavy atom. The lowest BCUT2D eigenvalue weighted by Gasteiger charge is -2.37. The third-order valence-electron chi connectivity index (χ3n) is 3.53. The van der Waals surface area contributed by atoms with Crippen molar-refractivity contribution >= 4 is 11.3 Å². The number of hydrogen-bond acceptors (Lipinski definition) is 4. The Hall–Kier alpha value is -0.860. The standard InChI is InChI=1S/C15H22N2OS/c16-9-2-6-14-7-8-15(19-14)12-17(10-3-11-18)13-4-1-5-13/h7-8,13,18H,1,3-5,9-12,16H2. The zero-order chi connectivity index (χ0) is 13.5. The summed E-state index contributed by atoms with van der Waals surface area (Å²) in [6, 6.07) is 4.95. The van der Waals surface area contributed by atoms with Crippen molar-refractivity contribution in [3.63, 3.8) is 0 Å². The van der Waals surface area contributed by atoms with Gasteiger partial charge in [0, 0.05) is 30.6 Å². The van der Waals surface area contributed by atoms with Crippen LogP contribution in [0.1, 0.15) is 35.4 Å². The largest absolute Gasteiger partial charge is 0.396 e. The summed E-state index contributed by atoms with van der Waals surface area (Å²) >= 11 is 1.75. The zero-order valence-electron chi connectivity index (χ0n) is 11.3. The van der Waals surface area contributed by atoms with Gasteiger partial charge in [0.1, 0.15) is 0 Å².